The molecule has 1 aromatic rings. The van der Waals surface area contributed by atoms with E-state index in [1.807, 2.05) is 0 Å². The molecule has 1 fully saturated rings. The third kappa shape index (κ3) is 11.2. The van der Waals surface area contributed by atoms with Gasteiger partial charge in [-0.1, -0.05) is 30.3 Å². The van der Waals surface area contributed by atoms with Gasteiger partial charge in [0, 0.05) is 11.8 Å². The Bertz CT molecular complexity index is 618. The number of halogens is 2. The van der Waals surface area contributed by atoms with E-state index in [0.717, 1.165) is 31.4 Å². The van der Waals surface area contributed by atoms with E-state index < -0.39 is 18.6 Å². The molecule has 0 saturated heterocycles. The van der Waals surface area contributed by atoms with Crippen LogP contribution in [-0.2, 0) is 4.74 Å². The number of anilines is 2. The van der Waals surface area contributed by atoms with Crippen LogP contribution in [0.15, 0.2) is 5.16 Å². The summed E-state index contributed by atoms with van der Waals surface area (Å²) in [5.41, 5.74) is 6.31. The fourth-order valence-electron chi connectivity index (χ4n) is 2.50. The molecule has 2 rings (SSSR count). The van der Waals surface area contributed by atoms with E-state index in [9.17, 15) is 4.39 Å². The van der Waals surface area contributed by atoms with Gasteiger partial charge in [-0.15, -0.1) is 0 Å². The largest absolute Gasteiger partial charge is 0.393 e. The van der Waals surface area contributed by atoms with Gasteiger partial charge in [-0.25, -0.2) is 14.4 Å². The molecule has 0 aliphatic heterocycles. The molecule has 0 aromatic carbocycles. The summed E-state index contributed by atoms with van der Waals surface area (Å²) in [4.78, 5) is 8.62. The van der Waals surface area contributed by atoms with Crippen molar-refractivity contribution >= 4 is 34.9 Å². The van der Waals surface area contributed by atoms with Crippen LogP contribution in [0.3, 0.4) is 0 Å². The van der Waals surface area contributed by atoms with Gasteiger partial charge in [-0.3, -0.25) is 0 Å². The second kappa shape index (κ2) is 12.7. The molecule has 168 valence electrons. The minimum Gasteiger partial charge on any atom is -0.393 e. The molecule has 1 saturated carbocycles. The highest BCUT2D eigenvalue weighted by Gasteiger charge is 2.27. The Labute approximate surface area is 180 Å². The molecule has 11 heteroatoms. The van der Waals surface area contributed by atoms with E-state index >= 15 is 0 Å². The van der Waals surface area contributed by atoms with Crippen LogP contribution in [0.5, 0.6) is 0 Å². The summed E-state index contributed by atoms with van der Waals surface area (Å²) in [6, 6.07) is 0.138. The van der Waals surface area contributed by atoms with Crippen LogP contribution in [-0.4, -0.2) is 68.4 Å². The fraction of sp³-hybridized carbons (Fsp3) is 0.778. The minimum atomic E-state index is -1.50. The van der Waals surface area contributed by atoms with Gasteiger partial charge in [0.2, 0.25) is 0 Å². The molecule has 3 unspecified atom stereocenters. The average Bonchev–Trinajstić information content (AvgIpc) is 3.08. The van der Waals surface area contributed by atoms with Crippen molar-refractivity contribution in [3.8, 4) is 0 Å². The number of nitrogen functional groups attached to an aromatic ring is 1. The standard InChI is InChI=1S/C15H24ClFN4O2S.C3H8O2/c1-2-5-24-15-20-13(16)12(18)14(21-15)19-10-3-4-11(6-10)23-8-9(17)7-22;1-3(2,4)5/h9-11,22H,2-8,18H2,1H3,(H,19,20,21);4-5H,1-2H3. The summed E-state index contributed by atoms with van der Waals surface area (Å²) in [5.74, 6) is -0.0492. The van der Waals surface area contributed by atoms with Crippen LogP contribution in [0.4, 0.5) is 15.9 Å². The first-order valence-electron chi connectivity index (χ1n) is 9.57. The van der Waals surface area contributed by atoms with Crippen LogP contribution < -0.4 is 11.1 Å². The van der Waals surface area contributed by atoms with Crippen molar-refractivity contribution in [3.63, 3.8) is 0 Å². The van der Waals surface area contributed by atoms with Crippen molar-refractivity contribution in [2.24, 2.45) is 0 Å². The Morgan fingerprint density at radius 3 is 2.62 bits per heavy atom. The number of thioether (sulfide) groups is 1. The van der Waals surface area contributed by atoms with Crippen molar-refractivity contribution in [3.05, 3.63) is 5.15 Å². The van der Waals surface area contributed by atoms with Crippen LogP contribution in [0, 0.1) is 0 Å². The first-order chi connectivity index (χ1) is 13.5. The van der Waals surface area contributed by atoms with Gasteiger partial charge in [0.1, 0.15) is 11.9 Å². The van der Waals surface area contributed by atoms with Gasteiger partial charge in [0.25, 0.3) is 0 Å². The van der Waals surface area contributed by atoms with Crippen LogP contribution >= 0.6 is 23.4 Å². The molecule has 1 aliphatic carbocycles. The first kappa shape index (κ1) is 26.1. The summed E-state index contributed by atoms with van der Waals surface area (Å²) in [5, 5.41) is 29.0. The Morgan fingerprint density at radius 1 is 1.38 bits per heavy atom. The Morgan fingerprint density at radius 2 is 2.03 bits per heavy atom. The number of ether oxygens (including phenoxy) is 1. The van der Waals surface area contributed by atoms with Crippen LogP contribution in [0.25, 0.3) is 0 Å². The van der Waals surface area contributed by atoms with Crippen molar-refractivity contribution in [1.29, 1.82) is 0 Å². The lowest BCUT2D eigenvalue weighted by atomic mass is 10.2. The molecule has 6 N–H and O–H groups in total. The second-order valence-corrected chi connectivity index (χ2v) is 8.71. The maximum Gasteiger partial charge on any atom is 0.191 e. The molecule has 0 bridgehead atoms. The van der Waals surface area contributed by atoms with Gasteiger partial charge in [0.05, 0.1) is 19.3 Å². The van der Waals surface area contributed by atoms with Crippen molar-refractivity contribution < 1.29 is 24.4 Å². The molecule has 3 atom stereocenters. The number of alkyl halides is 1. The molecule has 29 heavy (non-hydrogen) atoms. The molecular weight excluding hydrogens is 423 g/mol. The quantitative estimate of drug-likeness (QED) is 0.165. The summed E-state index contributed by atoms with van der Waals surface area (Å²) >= 11 is 7.63. The molecule has 1 aliphatic rings. The van der Waals surface area contributed by atoms with E-state index in [1.54, 1.807) is 0 Å². The highest BCUT2D eigenvalue weighted by atomic mass is 35.5. The van der Waals surface area contributed by atoms with Crippen molar-refractivity contribution in [2.75, 3.05) is 30.0 Å². The topological polar surface area (TPSA) is 134 Å². The number of aliphatic hydroxyl groups is 3. The highest BCUT2D eigenvalue weighted by Crippen LogP contribution is 2.31. The fourth-order valence-corrected chi connectivity index (χ4v) is 3.42. The minimum absolute atomic E-state index is 0.0280. The van der Waals surface area contributed by atoms with Gasteiger partial charge in [-0.05, 0) is 39.5 Å². The Kier molecular flexibility index (Phi) is 11.4. The maximum absolute atomic E-state index is 13.0. The number of nitrogens with zero attached hydrogens (tertiary/aromatic N) is 2. The first-order valence-corrected chi connectivity index (χ1v) is 10.9. The predicted molar refractivity (Wildman–Crippen MR) is 114 cm³/mol. The van der Waals surface area contributed by atoms with E-state index in [-0.39, 0.29) is 23.9 Å². The average molecular weight is 455 g/mol. The second-order valence-electron chi connectivity index (χ2n) is 7.29. The zero-order valence-electron chi connectivity index (χ0n) is 17.1. The van der Waals surface area contributed by atoms with E-state index in [2.05, 4.69) is 22.2 Å². The van der Waals surface area contributed by atoms with Gasteiger partial charge < -0.3 is 31.1 Å². The third-order valence-corrected chi connectivity index (χ3v) is 5.09. The van der Waals surface area contributed by atoms with Gasteiger partial charge in [-0.2, -0.15) is 0 Å². The van der Waals surface area contributed by atoms with Crippen LogP contribution in [0.1, 0.15) is 46.5 Å². The third-order valence-electron chi connectivity index (χ3n) is 3.75. The lowest BCUT2D eigenvalue weighted by Crippen LogP contribution is -2.22. The molecule has 1 aromatic heterocycles. The van der Waals surface area contributed by atoms with Gasteiger partial charge >= 0.3 is 0 Å². The lowest BCUT2D eigenvalue weighted by molar-refractivity contribution is -0.127. The molecule has 0 spiro atoms. The number of rotatable bonds is 9. The molecular formula is C18H32ClFN4O4S. The Hall–Kier alpha value is -0.910. The summed E-state index contributed by atoms with van der Waals surface area (Å²) < 4.78 is 18.5. The molecule has 8 nitrogen and oxygen atoms in total. The summed E-state index contributed by atoms with van der Waals surface area (Å²) in [7, 11) is 0. The van der Waals surface area contributed by atoms with E-state index in [4.69, 9.17) is 37.4 Å². The predicted octanol–water partition coefficient (Wildman–Crippen LogP) is 2.60. The van der Waals surface area contributed by atoms with Crippen molar-refractivity contribution in [2.45, 2.75) is 75.7 Å². The number of hydrogen-bond donors (Lipinski definition) is 5. The normalized spacial score (nSPS) is 20.1. The zero-order valence-corrected chi connectivity index (χ0v) is 18.6. The number of aromatic nitrogens is 2. The molecule has 1 heterocycles. The van der Waals surface area contributed by atoms with E-state index in [0.29, 0.717) is 16.7 Å². The van der Waals surface area contributed by atoms with E-state index in [1.165, 1.54) is 25.6 Å². The number of hydrogen-bond acceptors (Lipinski definition) is 9. The molecule has 0 radical (unpaired) electrons. The highest BCUT2D eigenvalue weighted by molar-refractivity contribution is 7.99. The maximum atomic E-state index is 13.0. The number of nitrogens with one attached hydrogen (secondary N) is 1. The number of nitrogens with two attached hydrogens (primary N) is 1. The monoisotopic (exact) mass is 454 g/mol. The molecule has 0 amide bonds. The number of aliphatic hydroxyl groups excluding tert-OH is 1. The summed E-state index contributed by atoms with van der Waals surface area (Å²) in [6.07, 6.45) is 2.09. The van der Waals surface area contributed by atoms with Gasteiger partial charge in [0.15, 0.2) is 21.9 Å². The van der Waals surface area contributed by atoms with Crippen LogP contribution in [0.2, 0.25) is 5.15 Å². The van der Waals surface area contributed by atoms with Crippen molar-refractivity contribution in [1.82, 2.24) is 9.97 Å². The summed E-state index contributed by atoms with van der Waals surface area (Å²) in [6.45, 7) is 4.10. The smallest absolute Gasteiger partial charge is 0.191 e. The Balaban J connectivity index is 0.000000749. The SMILES string of the molecule is CC(C)(O)O.CCCSc1nc(Cl)c(N)c(NC2CCC(OCC(F)CO)C2)n1. The lowest BCUT2D eigenvalue weighted by Gasteiger charge is -2.17. The zero-order chi connectivity index (χ0) is 22.0.